The number of carbonyl (C=O) groups is 2. The number of aliphatic hydroxyl groups is 1. The Morgan fingerprint density at radius 2 is 2.07 bits per heavy atom. The van der Waals surface area contributed by atoms with Crippen molar-refractivity contribution < 1.29 is 33.3 Å². The third-order valence-electron chi connectivity index (χ3n) is 6.38. The first-order valence-electron chi connectivity index (χ1n) is 10.9. The zero-order valence-electron chi connectivity index (χ0n) is 18.0. The molecule has 0 amide bonds. The van der Waals surface area contributed by atoms with Crippen LogP contribution >= 0.6 is 0 Å². The van der Waals surface area contributed by atoms with E-state index in [0.29, 0.717) is 19.3 Å². The molecule has 0 saturated heterocycles. The number of hydrogen-bond acceptors (Lipinski definition) is 4. The molecule has 7 heteroatoms. The summed E-state index contributed by atoms with van der Waals surface area (Å²) in [6, 6.07) is 0. The van der Waals surface area contributed by atoms with Crippen molar-refractivity contribution in [3.05, 3.63) is 23.8 Å². The standard InChI is InChI=1S/C23H34F2O5/c1-4-13(2)23(29)30-20-11-16(24)9-15-6-5-14(3)19(22(15)20)8-7-18(26)10-17(25)12-21(27)28/h5-6,9,13-14,16-20,22,26H,4,7-8,10-12H2,1-3H3,(H,27,28)/t13-,14-,16+,17-,18+,19-,20-,22?/m0/s1. The molecule has 30 heavy (non-hydrogen) atoms. The van der Waals surface area contributed by atoms with Gasteiger partial charge in [0.15, 0.2) is 0 Å². The summed E-state index contributed by atoms with van der Waals surface area (Å²) in [5.41, 5.74) is 0.808. The van der Waals surface area contributed by atoms with Crippen molar-refractivity contribution in [2.45, 2.75) is 83.8 Å². The van der Waals surface area contributed by atoms with Crippen molar-refractivity contribution >= 4 is 11.9 Å². The summed E-state index contributed by atoms with van der Waals surface area (Å²) in [6.45, 7) is 5.71. The Balaban J connectivity index is 2.09. The number of carboxylic acid groups (broad SMARTS) is 1. The maximum atomic E-state index is 14.3. The van der Waals surface area contributed by atoms with Crippen molar-refractivity contribution in [3.63, 3.8) is 0 Å². The van der Waals surface area contributed by atoms with E-state index in [2.05, 4.69) is 0 Å². The number of carbonyl (C=O) groups excluding carboxylic acids is 1. The summed E-state index contributed by atoms with van der Waals surface area (Å²) in [6.07, 6.45) is 1.91. The van der Waals surface area contributed by atoms with Crippen LogP contribution in [0.4, 0.5) is 8.78 Å². The lowest BCUT2D eigenvalue weighted by atomic mass is 9.66. The molecule has 0 heterocycles. The summed E-state index contributed by atoms with van der Waals surface area (Å²) >= 11 is 0. The van der Waals surface area contributed by atoms with Crippen LogP contribution in [0.15, 0.2) is 23.8 Å². The fourth-order valence-electron chi connectivity index (χ4n) is 4.46. The predicted molar refractivity (Wildman–Crippen MR) is 109 cm³/mol. The minimum Gasteiger partial charge on any atom is -0.481 e. The Kier molecular flexibility index (Phi) is 9.01. The van der Waals surface area contributed by atoms with Crippen molar-refractivity contribution in [2.24, 2.45) is 23.7 Å². The number of fused-ring (bicyclic) bond motifs is 1. The van der Waals surface area contributed by atoms with Crippen LogP contribution in [0.25, 0.3) is 0 Å². The smallest absolute Gasteiger partial charge is 0.308 e. The molecule has 2 N–H and O–H groups in total. The van der Waals surface area contributed by atoms with E-state index in [4.69, 9.17) is 9.84 Å². The van der Waals surface area contributed by atoms with Crippen molar-refractivity contribution in [1.29, 1.82) is 0 Å². The predicted octanol–water partition coefficient (Wildman–Crippen LogP) is 4.39. The molecule has 0 aromatic rings. The third kappa shape index (κ3) is 6.62. The summed E-state index contributed by atoms with van der Waals surface area (Å²) in [4.78, 5) is 23.0. The van der Waals surface area contributed by atoms with Crippen LogP contribution in [0, 0.1) is 23.7 Å². The normalized spacial score (nSPS) is 31.3. The molecular weight excluding hydrogens is 394 g/mol. The fraction of sp³-hybridized carbons (Fsp3) is 0.739. The van der Waals surface area contributed by atoms with E-state index in [9.17, 15) is 23.5 Å². The number of aliphatic carboxylic acids is 1. The average Bonchev–Trinajstić information content (AvgIpc) is 2.65. The molecule has 2 aliphatic rings. The summed E-state index contributed by atoms with van der Waals surface area (Å²) in [5.74, 6) is -1.85. The van der Waals surface area contributed by atoms with Gasteiger partial charge in [-0.1, -0.05) is 32.9 Å². The Hall–Kier alpha value is -1.76. The second-order valence-corrected chi connectivity index (χ2v) is 8.77. The first-order valence-corrected chi connectivity index (χ1v) is 10.9. The molecule has 0 bridgehead atoms. The number of aliphatic hydroxyl groups excluding tert-OH is 1. The van der Waals surface area contributed by atoms with Gasteiger partial charge in [-0.15, -0.1) is 0 Å². The monoisotopic (exact) mass is 428 g/mol. The van der Waals surface area contributed by atoms with Crippen LogP contribution in [-0.4, -0.2) is 46.7 Å². The van der Waals surface area contributed by atoms with Gasteiger partial charge in [-0.05, 0) is 42.7 Å². The molecule has 0 radical (unpaired) electrons. The van der Waals surface area contributed by atoms with Crippen molar-refractivity contribution in [3.8, 4) is 0 Å². The number of rotatable bonds is 10. The van der Waals surface area contributed by atoms with E-state index in [1.807, 2.05) is 26.0 Å². The average molecular weight is 429 g/mol. The summed E-state index contributed by atoms with van der Waals surface area (Å²) in [5, 5.41) is 18.9. The van der Waals surface area contributed by atoms with Gasteiger partial charge in [0.2, 0.25) is 0 Å². The highest BCUT2D eigenvalue weighted by Gasteiger charge is 2.42. The van der Waals surface area contributed by atoms with Crippen LogP contribution in [0.3, 0.4) is 0 Å². The molecule has 0 aliphatic heterocycles. The number of allylic oxidation sites excluding steroid dienone is 3. The van der Waals surface area contributed by atoms with Crippen LogP contribution in [0.1, 0.15) is 59.3 Å². The minimum absolute atomic E-state index is 0.00988. The van der Waals surface area contributed by atoms with Gasteiger partial charge < -0.3 is 14.9 Å². The lowest BCUT2D eigenvalue weighted by molar-refractivity contribution is -0.158. The molecule has 2 rings (SSSR count). The molecule has 8 atom stereocenters. The topological polar surface area (TPSA) is 83.8 Å². The maximum absolute atomic E-state index is 14.3. The van der Waals surface area contributed by atoms with Crippen molar-refractivity contribution in [2.75, 3.05) is 0 Å². The second-order valence-electron chi connectivity index (χ2n) is 8.77. The van der Waals surface area contributed by atoms with Crippen LogP contribution in [0.5, 0.6) is 0 Å². The second kappa shape index (κ2) is 11.0. The third-order valence-corrected chi connectivity index (χ3v) is 6.38. The highest BCUT2D eigenvalue weighted by Crippen LogP contribution is 2.44. The van der Waals surface area contributed by atoms with Crippen LogP contribution < -0.4 is 0 Å². The molecule has 1 unspecified atom stereocenters. The fourth-order valence-corrected chi connectivity index (χ4v) is 4.46. The molecule has 0 aromatic carbocycles. The van der Waals surface area contributed by atoms with Crippen LogP contribution in [-0.2, 0) is 14.3 Å². The lowest BCUT2D eigenvalue weighted by Gasteiger charge is -2.42. The number of esters is 1. The van der Waals surface area contributed by atoms with Gasteiger partial charge in [0.25, 0.3) is 0 Å². The quantitative estimate of drug-likeness (QED) is 0.504. The van der Waals surface area contributed by atoms with E-state index < -0.39 is 36.9 Å². The Labute approximate surface area is 177 Å². The molecule has 0 saturated carbocycles. The summed E-state index contributed by atoms with van der Waals surface area (Å²) < 4.78 is 33.7. The molecule has 0 spiro atoms. The highest BCUT2D eigenvalue weighted by atomic mass is 19.1. The van der Waals surface area contributed by atoms with Gasteiger partial charge >= 0.3 is 11.9 Å². The molecule has 170 valence electrons. The number of carboxylic acids is 1. The van der Waals surface area contributed by atoms with E-state index in [1.54, 1.807) is 13.0 Å². The van der Waals surface area contributed by atoms with E-state index >= 15 is 0 Å². The Bertz CT molecular complexity index is 662. The lowest BCUT2D eigenvalue weighted by Crippen LogP contribution is -2.42. The van der Waals surface area contributed by atoms with Gasteiger partial charge in [0.05, 0.1) is 18.4 Å². The molecule has 5 nitrogen and oxygen atoms in total. The zero-order valence-corrected chi connectivity index (χ0v) is 18.0. The van der Waals surface area contributed by atoms with Gasteiger partial charge in [-0.3, -0.25) is 9.59 Å². The van der Waals surface area contributed by atoms with Gasteiger partial charge in [-0.2, -0.15) is 0 Å². The first-order chi connectivity index (χ1) is 14.1. The Morgan fingerprint density at radius 3 is 2.70 bits per heavy atom. The largest absolute Gasteiger partial charge is 0.481 e. The number of ether oxygens (including phenoxy) is 1. The SMILES string of the molecule is CC[C@H](C)C(=O)O[C@H]1C[C@H](F)C=C2C=C[C@H](C)[C@H](CC[C@@H](O)C[C@H](F)CC(=O)O)C21. The molecule has 0 fully saturated rings. The molecule has 2 aliphatic carbocycles. The molecular formula is C23H34F2O5. The van der Waals surface area contributed by atoms with Gasteiger partial charge in [0.1, 0.15) is 18.4 Å². The maximum Gasteiger partial charge on any atom is 0.308 e. The minimum atomic E-state index is -1.59. The number of hydrogen-bond donors (Lipinski definition) is 2. The van der Waals surface area contributed by atoms with E-state index in [1.165, 1.54) is 0 Å². The van der Waals surface area contributed by atoms with E-state index in [0.717, 1.165) is 5.57 Å². The Morgan fingerprint density at radius 1 is 1.37 bits per heavy atom. The van der Waals surface area contributed by atoms with Gasteiger partial charge in [-0.25, -0.2) is 8.78 Å². The highest BCUT2D eigenvalue weighted by molar-refractivity contribution is 5.72. The number of alkyl halides is 2. The number of halogens is 2. The first kappa shape index (κ1) is 24.5. The molecule has 0 aromatic heterocycles. The zero-order chi connectivity index (χ0) is 22.4. The van der Waals surface area contributed by atoms with Gasteiger partial charge in [0, 0.05) is 18.8 Å². The van der Waals surface area contributed by atoms with Crippen molar-refractivity contribution in [1.82, 2.24) is 0 Å². The van der Waals surface area contributed by atoms with E-state index in [-0.39, 0.29) is 42.5 Å². The summed E-state index contributed by atoms with van der Waals surface area (Å²) in [7, 11) is 0. The van der Waals surface area contributed by atoms with Crippen LogP contribution in [0.2, 0.25) is 0 Å².